The molecule has 0 atom stereocenters. The molecule has 0 aliphatic carbocycles. The molecule has 5 aromatic rings. The summed E-state index contributed by atoms with van der Waals surface area (Å²) in [5.41, 5.74) is 3.72. The number of aromatic nitrogens is 5. The van der Waals surface area contributed by atoms with Gasteiger partial charge in [-0.25, -0.2) is 15.0 Å². The fourth-order valence-corrected chi connectivity index (χ4v) is 5.34. The monoisotopic (exact) mass is 662 g/mol. The van der Waals surface area contributed by atoms with Crippen molar-refractivity contribution in [2.24, 2.45) is 0 Å². The lowest BCUT2D eigenvalue weighted by Gasteiger charge is -2.27. The van der Waals surface area contributed by atoms with Crippen molar-refractivity contribution in [1.29, 1.82) is 0 Å². The normalized spacial score (nSPS) is 12.7. The number of benzene rings is 2. The average molecular weight is 663 g/mol. The summed E-state index contributed by atoms with van der Waals surface area (Å²) >= 11 is 0. The minimum atomic E-state index is -0.138. The predicted octanol–water partition coefficient (Wildman–Crippen LogP) is 5.09. The number of aryl methyl sites for hydroxylation is 1. The molecule has 0 saturated carbocycles. The smallest absolute Gasteiger partial charge is 0.255 e. The van der Waals surface area contributed by atoms with Gasteiger partial charge in [0.2, 0.25) is 11.8 Å². The average Bonchev–Trinajstić information content (AvgIpc) is 3.15. The summed E-state index contributed by atoms with van der Waals surface area (Å²) in [5.74, 6) is 3.69. The number of hydrogen-bond donors (Lipinski definition) is 1. The number of rotatable bonds is 12. The molecule has 3 aromatic heterocycles. The lowest BCUT2D eigenvalue weighted by atomic mass is 10.1. The third-order valence-electron chi connectivity index (χ3n) is 7.97. The maximum Gasteiger partial charge on any atom is 0.255 e. The topological polar surface area (TPSA) is 137 Å². The lowest BCUT2D eigenvalue weighted by molar-refractivity contribution is 0.0302. The first kappa shape index (κ1) is 33.1. The van der Waals surface area contributed by atoms with E-state index in [0.29, 0.717) is 85.5 Å². The van der Waals surface area contributed by atoms with Crippen LogP contribution in [0.3, 0.4) is 0 Å². The van der Waals surface area contributed by atoms with Crippen molar-refractivity contribution in [2.75, 3.05) is 57.8 Å². The largest absolute Gasteiger partial charge is 0.497 e. The van der Waals surface area contributed by atoms with Gasteiger partial charge in [0.05, 0.1) is 57.6 Å². The van der Waals surface area contributed by atoms with E-state index in [-0.39, 0.29) is 5.91 Å². The van der Waals surface area contributed by atoms with Crippen LogP contribution in [0.1, 0.15) is 27.3 Å². The number of anilines is 3. The lowest BCUT2D eigenvalue weighted by Crippen LogP contribution is -2.40. The predicted molar refractivity (Wildman–Crippen MR) is 184 cm³/mol. The van der Waals surface area contributed by atoms with Gasteiger partial charge in [0.15, 0.2) is 5.82 Å². The number of methoxy groups -OCH3 is 3. The molecule has 6 rings (SSSR count). The Labute approximate surface area is 284 Å². The van der Waals surface area contributed by atoms with E-state index in [1.807, 2.05) is 61.5 Å². The van der Waals surface area contributed by atoms with Gasteiger partial charge in [0, 0.05) is 38.4 Å². The van der Waals surface area contributed by atoms with Crippen LogP contribution in [0.25, 0.3) is 11.4 Å². The highest BCUT2D eigenvalue weighted by atomic mass is 16.5. The molecule has 1 fully saturated rings. The first-order valence-electron chi connectivity index (χ1n) is 15.8. The SMILES string of the molecule is COc1ccc(CN(Cc2ccc(OC)cc2)c2nc(C)nc(-c3cc(C(=O)N4CCOCC4)cnc3Nc3ccc(OC)nc3)n2)cc1. The summed E-state index contributed by atoms with van der Waals surface area (Å²) in [4.78, 5) is 40.9. The van der Waals surface area contributed by atoms with E-state index >= 15 is 0 Å². The van der Waals surface area contributed by atoms with Crippen molar-refractivity contribution in [3.63, 3.8) is 0 Å². The minimum absolute atomic E-state index is 0.138. The summed E-state index contributed by atoms with van der Waals surface area (Å²) in [6, 6.07) is 21.2. The van der Waals surface area contributed by atoms with E-state index < -0.39 is 0 Å². The van der Waals surface area contributed by atoms with E-state index in [1.165, 1.54) is 0 Å². The molecule has 13 nitrogen and oxygen atoms in total. The zero-order valence-corrected chi connectivity index (χ0v) is 27.9. The number of carbonyl (C=O) groups is 1. The van der Waals surface area contributed by atoms with Crippen LogP contribution in [0.5, 0.6) is 17.4 Å². The van der Waals surface area contributed by atoms with Crippen molar-refractivity contribution in [2.45, 2.75) is 20.0 Å². The second-order valence-electron chi connectivity index (χ2n) is 11.3. The molecule has 0 bridgehead atoms. The van der Waals surface area contributed by atoms with E-state index in [2.05, 4.69) is 15.2 Å². The van der Waals surface area contributed by atoms with Gasteiger partial charge < -0.3 is 34.1 Å². The number of ether oxygens (including phenoxy) is 4. The molecule has 1 aliphatic rings. The maximum absolute atomic E-state index is 13.6. The molecule has 49 heavy (non-hydrogen) atoms. The van der Waals surface area contributed by atoms with Crippen LogP contribution < -0.4 is 24.4 Å². The van der Waals surface area contributed by atoms with Crippen molar-refractivity contribution in [1.82, 2.24) is 29.8 Å². The Bertz CT molecular complexity index is 1820. The molecule has 0 spiro atoms. The molecule has 1 saturated heterocycles. The van der Waals surface area contributed by atoms with E-state index in [1.54, 1.807) is 50.8 Å². The fraction of sp³-hybridized carbons (Fsp3) is 0.278. The Hall–Kier alpha value is -5.82. The Balaban J connectivity index is 1.41. The van der Waals surface area contributed by atoms with Gasteiger partial charge in [-0.15, -0.1) is 0 Å². The van der Waals surface area contributed by atoms with Crippen LogP contribution in [-0.4, -0.2) is 83.4 Å². The summed E-state index contributed by atoms with van der Waals surface area (Å²) in [6.07, 6.45) is 3.21. The van der Waals surface area contributed by atoms with Gasteiger partial charge >= 0.3 is 0 Å². The van der Waals surface area contributed by atoms with Gasteiger partial charge in [-0.3, -0.25) is 4.79 Å². The van der Waals surface area contributed by atoms with Crippen LogP contribution in [0.15, 0.2) is 79.1 Å². The Morgan fingerprint density at radius 1 is 0.816 bits per heavy atom. The molecule has 252 valence electrons. The standard InChI is InChI=1S/C36H38N8O5/c1-24-39-34(42-36(40-24)44(22-25-5-10-29(46-2)11-6-25)23-26-7-12-30(47-3)13-8-26)31-19-27(35(45)43-15-17-49-18-16-43)20-38-33(31)41-28-9-14-32(48-4)37-21-28/h5-14,19-21H,15-18,22-23H2,1-4H3,(H,38,41). The third-order valence-corrected chi connectivity index (χ3v) is 7.97. The Morgan fingerprint density at radius 2 is 1.47 bits per heavy atom. The highest BCUT2D eigenvalue weighted by Crippen LogP contribution is 2.30. The van der Waals surface area contributed by atoms with Crippen LogP contribution in [0.2, 0.25) is 0 Å². The number of nitrogens with zero attached hydrogens (tertiary/aromatic N) is 7. The molecule has 0 unspecified atom stereocenters. The van der Waals surface area contributed by atoms with Gasteiger partial charge in [0.1, 0.15) is 23.1 Å². The molecule has 1 N–H and O–H groups in total. The quantitative estimate of drug-likeness (QED) is 0.191. The highest BCUT2D eigenvalue weighted by molar-refractivity contribution is 5.96. The van der Waals surface area contributed by atoms with Crippen molar-refractivity contribution in [3.8, 4) is 28.8 Å². The maximum atomic E-state index is 13.6. The van der Waals surface area contributed by atoms with Crippen molar-refractivity contribution in [3.05, 3.63) is 102 Å². The Morgan fingerprint density at radius 3 is 2.04 bits per heavy atom. The summed E-state index contributed by atoms with van der Waals surface area (Å²) < 4.78 is 21.4. The molecular formula is C36H38N8O5. The molecule has 1 amide bonds. The van der Waals surface area contributed by atoms with Gasteiger partial charge in [-0.2, -0.15) is 9.97 Å². The number of nitrogens with one attached hydrogen (secondary N) is 1. The number of hydrogen-bond acceptors (Lipinski definition) is 12. The zero-order valence-electron chi connectivity index (χ0n) is 27.9. The molecule has 13 heteroatoms. The number of amides is 1. The molecule has 4 heterocycles. The summed E-state index contributed by atoms with van der Waals surface area (Å²) in [7, 11) is 4.85. The van der Waals surface area contributed by atoms with Crippen LogP contribution in [0, 0.1) is 6.92 Å². The van der Waals surface area contributed by atoms with Crippen molar-refractivity contribution >= 4 is 23.4 Å². The fourth-order valence-electron chi connectivity index (χ4n) is 5.34. The molecule has 2 aromatic carbocycles. The highest BCUT2D eigenvalue weighted by Gasteiger charge is 2.23. The number of pyridine rings is 2. The van der Waals surface area contributed by atoms with Crippen LogP contribution in [-0.2, 0) is 17.8 Å². The van der Waals surface area contributed by atoms with Gasteiger partial charge in [0.25, 0.3) is 5.91 Å². The van der Waals surface area contributed by atoms with Gasteiger partial charge in [-0.05, 0) is 54.4 Å². The molecule has 1 aliphatic heterocycles. The van der Waals surface area contributed by atoms with E-state index in [0.717, 1.165) is 22.6 Å². The summed E-state index contributed by atoms with van der Waals surface area (Å²) in [5, 5.41) is 3.33. The Kier molecular flexibility index (Phi) is 10.4. The van der Waals surface area contributed by atoms with Crippen LogP contribution >= 0.6 is 0 Å². The second-order valence-corrected chi connectivity index (χ2v) is 11.3. The van der Waals surface area contributed by atoms with Crippen LogP contribution in [0.4, 0.5) is 17.5 Å². The molecule has 0 radical (unpaired) electrons. The second kappa shape index (κ2) is 15.4. The zero-order chi connectivity index (χ0) is 34.2. The summed E-state index contributed by atoms with van der Waals surface area (Å²) in [6.45, 7) is 4.84. The third kappa shape index (κ3) is 8.19. The van der Waals surface area contributed by atoms with Gasteiger partial charge in [-0.1, -0.05) is 24.3 Å². The first-order chi connectivity index (χ1) is 23.9. The van der Waals surface area contributed by atoms with E-state index in [4.69, 9.17) is 38.9 Å². The molecular weight excluding hydrogens is 624 g/mol. The van der Waals surface area contributed by atoms with Crippen molar-refractivity contribution < 1.29 is 23.7 Å². The first-order valence-corrected chi connectivity index (χ1v) is 15.8. The van der Waals surface area contributed by atoms with E-state index in [9.17, 15) is 4.79 Å². The minimum Gasteiger partial charge on any atom is -0.497 e. The number of carbonyl (C=O) groups excluding carboxylic acids is 1. The number of morpholine rings is 1.